The Labute approximate surface area is 118 Å². The van der Waals surface area contributed by atoms with Crippen LogP contribution >= 0.6 is 11.6 Å². The SMILES string of the molecule is O=S(=O)(c1ccc(Cl)nc1)N(CCO)C1CCCC1. The van der Waals surface area contributed by atoms with Crippen molar-refractivity contribution in [1.82, 2.24) is 9.29 Å². The van der Waals surface area contributed by atoms with E-state index in [0.717, 1.165) is 25.7 Å². The van der Waals surface area contributed by atoms with Crippen molar-refractivity contribution >= 4 is 21.6 Å². The lowest BCUT2D eigenvalue weighted by molar-refractivity contribution is 0.226. The van der Waals surface area contributed by atoms with Crippen LogP contribution in [0.5, 0.6) is 0 Å². The maximum Gasteiger partial charge on any atom is 0.244 e. The van der Waals surface area contributed by atoms with Crippen molar-refractivity contribution in [1.29, 1.82) is 0 Å². The van der Waals surface area contributed by atoms with E-state index in [1.54, 1.807) is 0 Å². The largest absolute Gasteiger partial charge is 0.395 e. The fraction of sp³-hybridized carbons (Fsp3) is 0.583. The summed E-state index contributed by atoms with van der Waals surface area (Å²) < 4.78 is 26.5. The lowest BCUT2D eigenvalue weighted by Crippen LogP contribution is -2.40. The summed E-state index contributed by atoms with van der Waals surface area (Å²) in [5.41, 5.74) is 0. The maximum absolute atomic E-state index is 12.6. The Balaban J connectivity index is 2.30. The molecule has 1 aliphatic rings. The van der Waals surface area contributed by atoms with Gasteiger partial charge in [-0.05, 0) is 25.0 Å². The molecule has 2 rings (SSSR count). The Morgan fingerprint density at radius 2 is 2.05 bits per heavy atom. The Bertz CT molecular complexity index is 512. The van der Waals surface area contributed by atoms with Gasteiger partial charge in [0.25, 0.3) is 0 Å². The van der Waals surface area contributed by atoms with Crippen molar-refractivity contribution in [3.05, 3.63) is 23.5 Å². The molecule has 0 aliphatic heterocycles. The van der Waals surface area contributed by atoms with Gasteiger partial charge in [0.05, 0.1) is 6.61 Å². The molecule has 19 heavy (non-hydrogen) atoms. The molecule has 0 saturated heterocycles. The molecule has 0 radical (unpaired) electrons. The summed E-state index contributed by atoms with van der Waals surface area (Å²) in [6.45, 7) is -0.0631. The molecule has 0 atom stereocenters. The van der Waals surface area contributed by atoms with E-state index in [1.165, 1.54) is 22.6 Å². The second-order valence-corrected chi connectivity index (χ2v) is 6.87. The number of hydrogen-bond acceptors (Lipinski definition) is 4. The van der Waals surface area contributed by atoms with Gasteiger partial charge in [-0.3, -0.25) is 0 Å². The molecular formula is C12H17ClN2O3S. The zero-order valence-corrected chi connectivity index (χ0v) is 12.1. The molecule has 0 bridgehead atoms. The number of aliphatic hydroxyl groups excluding tert-OH is 1. The van der Waals surface area contributed by atoms with Crippen molar-refractivity contribution in [2.75, 3.05) is 13.2 Å². The highest BCUT2D eigenvalue weighted by molar-refractivity contribution is 7.89. The molecule has 0 aromatic carbocycles. The molecule has 1 fully saturated rings. The first-order valence-corrected chi connectivity index (χ1v) is 8.12. The number of hydrogen-bond donors (Lipinski definition) is 1. The molecule has 1 saturated carbocycles. The third kappa shape index (κ3) is 3.25. The first-order chi connectivity index (χ1) is 9.05. The highest BCUT2D eigenvalue weighted by Gasteiger charge is 2.32. The summed E-state index contributed by atoms with van der Waals surface area (Å²) in [7, 11) is -3.61. The molecule has 1 aliphatic carbocycles. The quantitative estimate of drug-likeness (QED) is 0.840. The van der Waals surface area contributed by atoms with E-state index in [9.17, 15) is 8.42 Å². The molecule has 0 spiro atoms. The highest BCUT2D eigenvalue weighted by Crippen LogP contribution is 2.28. The fourth-order valence-electron chi connectivity index (χ4n) is 2.44. The number of aromatic nitrogens is 1. The van der Waals surface area contributed by atoms with Crippen LogP contribution in [0.15, 0.2) is 23.2 Å². The first-order valence-electron chi connectivity index (χ1n) is 6.30. The van der Waals surface area contributed by atoms with Crippen molar-refractivity contribution in [3.63, 3.8) is 0 Å². The molecule has 1 N–H and O–H groups in total. The van der Waals surface area contributed by atoms with Gasteiger partial charge in [-0.2, -0.15) is 4.31 Å². The molecule has 1 aromatic rings. The van der Waals surface area contributed by atoms with Gasteiger partial charge in [-0.15, -0.1) is 0 Å². The molecule has 1 heterocycles. The number of halogens is 1. The minimum atomic E-state index is -3.61. The minimum absolute atomic E-state index is 0.0205. The summed E-state index contributed by atoms with van der Waals surface area (Å²) in [5.74, 6) is 0. The van der Waals surface area contributed by atoms with Crippen molar-refractivity contribution in [2.24, 2.45) is 0 Å². The summed E-state index contributed by atoms with van der Waals surface area (Å²) in [6.07, 6.45) is 5.01. The lowest BCUT2D eigenvalue weighted by atomic mass is 10.2. The number of sulfonamides is 1. The van der Waals surface area contributed by atoms with Gasteiger partial charge < -0.3 is 5.11 Å². The van der Waals surface area contributed by atoms with Crippen LogP contribution in [0.2, 0.25) is 5.15 Å². The smallest absolute Gasteiger partial charge is 0.244 e. The van der Waals surface area contributed by atoms with Crippen LogP contribution < -0.4 is 0 Å². The van der Waals surface area contributed by atoms with Crippen LogP contribution in [-0.4, -0.2) is 42.0 Å². The van der Waals surface area contributed by atoms with E-state index in [4.69, 9.17) is 16.7 Å². The van der Waals surface area contributed by atoms with Gasteiger partial charge in [0.1, 0.15) is 10.0 Å². The predicted molar refractivity (Wildman–Crippen MR) is 72.5 cm³/mol. The topological polar surface area (TPSA) is 70.5 Å². The average molecular weight is 305 g/mol. The van der Waals surface area contributed by atoms with Gasteiger partial charge >= 0.3 is 0 Å². The van der Waals surface area contributed by atoms with Gasteiger partial charge in [0, 0.05) is 18.8 Å². The summed E-state index contributed by atoms with van der Waals surface area (Å²) in [4.78, 5) is 3.93. The molecule has 0 amide bonds. The number of pyridine rings is 1. The maximum atomic E-state index is 12.6. The summed E-state index contributed by atoms with van der Waals surface area (Å²) >= 11 is 5.67. The van der Waals surface area contributed by atoms with E-state index in [1.807, 2.05) is 0 Å². The average Bonchev–Trinajstić information content (AvgIpc) is 2.89. The van der Waals surface area contributed by atoms with Gasteiger partial charge in [0.15, 0.2) is 0 Å². The van der Waals surface area contributed by atoms with Crippen LogP contribution in [0.1, 0.15) is 25.7 Å². The first kappa shape index (κ1) is 14.7. The van der Waals surface area contributed by atoms with Crippen molar-refractivity contribution in [3.8, 4) is 0 Å². The summed E-state index contributed by atoms with van der Waals surface area (Å²) in [5, 5.41) is 9.37. The van der Waals surface area contributed by atoms with E-state index in [2.05, 4.69) is 4.98 Å². The molecule has 106 valence electrons. The second-order valence-electron chi connectivity index (χ2n) is 4.59. The van der Waals surface area contributed by atoms with Crippen LogP contribution in [0, 0.1) is 0 Å². The zero-order chi connectivity index (χ0) is 13.9. The fourth-order valence-corrected chi connectivity index (χ4v) is 4.17. The van der Waals surface area contributed by atoms with E-state index < -0.39 is 10.0 Å². The Hall–Kier alpha value is -0.690. The number of rotatable bonds is 5. The Morgan fingerprint density at radius 1 is 1.37 bits per heavy atom. The van der Waals surface area contributed by atoms with Crippen LogP contribution in [0.25, 0.3) is 0 Å². The molecule has 0 unspecified atom stereocenters. The summed E-state index contributed by atoms with van der Waals surface area (Å²) in [6, 6.07) is 2.89. The van der Waals surface area contributed by atoms with Gasteiger partial charge in [-0.1, -0.05) is 24.4 Å². The Morgan fingerprint density at radius 3 is 2.58 bits per heavy atom. The zero-order valence-electron chi connectivity index (χ0n) is 10.5. The highest BCUT2D eigenvalue weighted by atomic mass is 35.5. The number of nitrogens with zero attached hydrogens (tertiary/aromatic N) is 2. The van der Waals surface area contributed by atoms with Crippen molar-refractivity contribution in [2.45, 2.75) is 36.6 Å². The number of aliphatic hydroxyl groups is 1. The monoisotopic (exact) mass is 304 g/mol. The third-order valence-corrected chi connectivity index (χ3v) is 5.52. The second kappa shape index (κ2) is 6.17. The van der Waals surface area contributed by atoms with Crippen LogP contribution in [0.3, 0.4) is 0 Å². The van der Waals surface area contributed by atoms with Gasteiger partial charge in [-0.25, -0.2) is 13.4 Å². The molecule has 5 nitrogen and oxygen atoms in total. The standard InChI is InChI=1S/C12H17ClN2O3S/c13-12-6-5-11(9-14-12)19(17,18)15(7-8-16)10-3-1-2-4-10/h5-6,9-10,16H,1-4,7-8H2. The Kier molecular flexibility index (Phi) is 4.78. The molecule has 7 heteroatoms. The van der Waals surface area contributed by atoms with E-state index >= 15 is 0 Å². The van der Waals surface area contributed by atoms with Crippen LogP contribution in [0.4, 0.5) is 0 Å². The normalized spacial score (nSPS) is 17.2. The lowest BCUT2D eigenvalue weighted by Gasteiger charge is -2.27. The van der Waals surface area contributed by atoms with E-state index in [0.29, 0.717) is 0 Å². The van der Waals surface area contributed by atoms with E-state index in [-0.39, 0.29) is 29.2 Å². The third-order valence-electron chi connectivity index (χ3n) is 3.36. The predicted octanol–water partition coefficient (Wildman–Crippen LogP) is 1.66. The minimum Gasteiger partial charge on any atom is -0.395 e. The van der Waals surface area contributed by atoms with Crippen molar-refractivity contribution < 1.29 is 13.5 Å². The van der Waals surface area contributed by atoms with Crippen LogP contribution in [-0.2, 0) is 10.0 Å². The molecule has 1 aromatic heterocycles. The molecular weight excluding hydrogens is 288 g/mol. The van der Waals surface area contributed by atoms with Gasteiger partial charge in [0.2, 0.25) is 10.0 Å².